The predicted molar refractivity (Wildman–Crippen MR) is 171 cm³/mol. The Labute approximate surface area is 255 Å². The van der Waals surface area contributed by atoms with E-state index in [0.717, 1.165) is 44.3 Å². The highest BCUT2D eigenvalue weighted by Gasteiger charge is 2.19. The van der Waals surface area contributed by atoms with Crippen LogP contribution in [0.4, 0.5) is 5.69 Å². The molecule has 3 aromatic carbocycles. The van der Waals surface area contributed by atoms with Crippen LogP contribution in [0, 0.1) is 6.92 Å². The van der Waals surface area contributed by atoms with Crippen LogP contribution >= 0.6 is 23.1 Å². The molecule has 0 bridgehead atoms. The van der Waals surface area contributed by atoms with Crippen LogP contribution in [-0.2, 0) is 4.79 Å². The first-order valence-electron chi connectivity index (χ1n) is 13.8. The molecule has 4 rings (SSSR count). The van der Waals surface area contributed by atoms with E-state index in [4.69, 9.17) is 14.2 Å². The summed E-state index contributed by atoms with van der Waals surface area (Å²) in [5.74, 6) is 1.84. The molecule has 1 aromatic heterocycles. The van der Waals surface area contributed by atoms with Gasteiger partial charge in [-0.05, 0) is 75.2 Å². The van der Waals surface area contributed by atoms with Crippen molar-refractivity contribution in [3.8, 4) is 17.2 Å². The number of carbonyl (C=O) groups is 2. The summed E-state index contributed by atoms with van der Waals surface area (Å²) >= 11 is 2.87. The summed E-state index contributed by atoms with van der Waals surface area (Å²) in [5.41, 5.74) is 3.65. The number of amides is 2. The number of anilines is 1. The zero-order valence-electron chi connectivity index (χ0n) is 24.8. The normalized spacial score (nSPS) is 12.4. The van der Waals surface area contributed by atoms with Gasteiger partial charge in [0.05, 0.1) is 47.9 Å². The number of thioether (sulfide) groups is 1. The van der Waals surface area contributed by atoms with Gasteiger partial charge in [-0.1, -0.05) is 37.2 Å². The Kier molecular flexibility index (Phi) is 10.7. The Morgan fingerprint density at radius 1 is 1.05 bits per heavy atom. The molecule has 0 saturated carbocycles. The third-order valence-corrected chi connectivity index (χ3v) is 8.91. The van der Waals surface area contributed by atoms with Crippen LogP contribution in [0.5, 0.6) is 17.2 Å². The standard InChI is InChI=1S/C32H37N3O5S2/c1-7-9-19(2)40-27-15-13-25(30(39-6)20(27)3)31(37)34-23-12-14-26-28(17-23)42-32(35-26)41-18-29(36)33-21(4)22-10-8-11-24(16-22)38-5/h8,10-17,19,21H,7,9,18H2,1-6H3,(H,33,36)(H,34,37). The van der Waals surface area contributed by atoms with E-state index in [9.17, 15) is 9.59 Å². The van der Waals surface area contributed by atoms with E-state index in [0.29, 0.717) is 22.7 Å². The van der Waals surface area contributed by atoms with Crippen LogP contribution in [0.2, 0.25) is 0 Å². The average molecular weight is 608 g/mol. The fraction of sp³-hybridized carbons (Fsp3) is 0.344. The number of methoxy groups -OCH3 is 2. The van der Waals surface area contributed by atoms with Gasteiger partial charge in [-0.15, -0.1) is 11.3 Å². The maximum absolute atomic E-state index is 13.2. The van der Waals surface area contributed by atoms with Gasteiger partial charge in [0.1, 0.15) is 17.2 Å². The minimum Gasteiger partial charge on any atom is -0.497 e. The number of aromatic nitrogens is 1. The maximum atomic E-state index is 13.2. The number of fused-ring (bicyclic) bond motifs is 1. The van der Waals surface area contributed by atoms with Crippen molar-refractivity contribution in [2.45, 2.75) is 57.0 Å². The molecule has 2 atom stereocenters. The van der Waals surface area contributed by atoms with E-state index in [2.05, 4.69) is 22.5 Å². The molecule has 1 heterocycles. The van der Waals surface area contributed by atoms with Crippen LogP contribution in [-0.4, -0.2) is 42.9 Å². The molecule has 42 heavy (non-hydrogen) atoms. The molecular formula is C32H37N3O5S2. The number of nitrogens with zero attached hydrogens (tertiary/aromatic N) is 1. The van der Waals surface area contributed by atoms with Gasteiger partial charge in [-0.2, -0.15) is 0 Å². The molecule has 2 N–H and O–H groups in total. The van der Waals surface area contributed by atoms with Crippen molar-refractivity contribution in [2.75, 3.05) is 25.3 Å². The molecule has 10 heteroatoms. The Balaban J connectivity index is 1.39. The van der Waals surface area contributed by atoms with Crippen LogP contribution in [0.15, 0.2) is 58.9 Å². The first-order valence-corrected chi connectivity index (χ1v) is 15.6. The molecule has 0 aliphatic rings. The molecule has 2 amide bonds. The third-order valence-electron chi connectivity index (χ3n) is 6.75. The summed E-state index contributed by atoms with van der Waals surface area (Å²) in [7, 11) is 3.18. The van der Waals surface area contributed by atoms with Crippen molar-refractivity contribution in [1.82, 2.24) is 10.3 Å². The quantitative estimate of drug-likeness (QED) is 0.153. The van der Waals surface area contributed by atoms with Crippen LogP contribution in [0.25, 0.3) is 10.2 Å². The predicted octanol–water partition coefficient (Wildman–Crippen LogP) is 7.41. The molecule has 8 nitrogen and oxygen atoms in total. The number of ether oxygens (including phenoxy) is 3. The number of benzene rings is 3. The van der Waals surface area contributed by atoms with Crippen molar-refractivity contribution in [3.63, 3.8) is 0 Å². The Morgan fingerprint density at radius 3 is 2.60 bits per heavy atom. The molecule has 222 valence electrons. The largest absolute Gasteiger partial charge is 0.497 e. The lowest BCUT2D eigenvalue weighted by atomic mass is 10.1. The highest BCUT2D eigenvalue weighted by Crippen LogP contribution is 2.34. The highest BCUT2D eigenvalue weighted by atomic mass is 32.2. The summed E-state index contributed by atoms with van der Waals surface area (Å²) in [6.45, 7) is 7.99. The van der Waals surface area contributed by atoms with E-state index < -0.39 is 0 Å². The molecule has 0 fully saturated rings. The Hall–Kier alpha value is -3.76. The second-order valence-corrected chi connectivity index (χ2v) is 12.2. The number of hydrogen-bond acceptors (Lipinski definition) is 8. The fourth-order valence-electron chi connectivity index (χ4n) is 4.57. The molecule has 4 aromatic rings. The Bertz CT molecular complexity index is 1550. The van der Waals surface area contributed by atoms with E-state index in [-0.39, 0.29) is 29.7 Å². The second-order valence-electron chi connectivity index (χ2n) is 9.96. The third kappa shape index (κ3) is 7.74. The van der Waals surface area contributed by atoms with Crippen LogP contribution in [0.3, 0.4) is 0 Å². The lowest BCUT2D eigenvalue weighted by molar-refractivity contribution is -0.119. The molecule has 0 saturated heterocycles. The lowest BCUT2D eigenvalue weighted by Crippen LogP contribution is -2.28. The SMILES string of the molecule is CCCC(C)Oc1ccc(C(=O)Nc2ccc3nc(SCC(=O)NC(C)c4cccc(OC)c4)sc3c2)c(OC)c1C. The van der Waals surface area contributed by atoms with E-state index in [1.807, 2.05) is 69.3 Å². The molecular weight excluding hydrogens is 571 g/mol. The summed E-state index contributed by atoms with van der Waals surface area (Å²) in [6.07, 6.45) is 2.05. The topological polar surface area (TPSA) is 98.8 Å². The molecule has 0 aliphatic heterocycles. The van der Waals surface area contributed by atoms with E-state index in [1.165, 1.54) is 23.1 Å². The Morgan fingerprint density at radius 2 is 1.86 bits per heavy atom. The zero-order chi connectivity index (χ0) is 30.2. The summed E-state index contributed by atoms with van der Waals surface area (Å²) in [5, 5.41) is 6.00. The van der Waals surface area contributed by atoms with Crippen LogP contribution in [0.1, 0.15) is 61.1 Å². The average Bonchev–Trinajstić information content (AvgIpc) is 3.39. The van der Waals surface area contributed by atoms with Gasteiger partial charge in [0, 0.05) is 11.3 Å². The molecule has 0 spiro atoms. The summed E-state index contributed by atoms with van der Waals surface area (Å²) < 4.78 is 18.6. The molecule has 2 unspecified atom stereocenters. The summed E-state index contributed by atoms with van der Waals surface area (Å²) in [4.78, 5) is 30.5. The van der Waals surface area contributed by atoms with Gasteiger partial charge in [-0.3, -0.25) is 9.59 Å². The van der Waals surface area contributed by atoms with E-state index in [1.54, 1.807) is 20.3 Å². The number of hydrogen-bond donors (Lipinski definition) is 2. The van der Waals surface area contributed by atoms with Gasteiger partial charge in [0.25, 0.3) is 5.91 Å². The second kappa shape index (κ2) is 14.4. The van der Waals surface area contributed by atoms with Gasteiger partial charge in [0.2, 0.25) is 5.91 Å². The van der Waals surface area contributed by atoms with E-state index >= 15 is 0 Å². The van der Waals surface area contributed by atoms with Crippen molar-refractivity contribution < 1.29 is 23.8 Å². The van der Waals surface area contributed by atoms with Crippen molar-refractivity contribution in [2.24, 2.45) is 0 Å². The minimum atomic E-state index is -0.275. The molecule has 0 aliphatic carbocycles. The van der Waals surface area contributed by atoms with Crippen molar-refractivity contribution >= 4 is 50.8 Å². The summed E-state index contributed by atoms with van der Waals surface area (Å²) in [6, 6.07) is 16.6. The first kappa shape index (κ1) is 31.2. The minimum absolute atomic E-state index is 0.0733. The number of carbonyl (C=O) groups excluding carboxylic acids is 2. The number of nitrogens with one attached hydrogen (secondary N) is 2. The zero-order valence-corrected chi connectivity index (χ0v) is 26.4. The van der Waals surface area contributed by atoms with Crippen molar-refractivity contribution in [1.29, 1.82) is 0 Å². The van der Waals surface area contributed by atoms with Crippen LogP contribution < -0.4 is 24.8 Å². The first-order chi connectivity index (χ1) is 20.2. The maximum Gasteiger partial charge on any atom is 0.259 e. The van der Waals surface area contributed by atoms with Gasteiger partial charge in [0.15, 0.2) is 4.34 Å². The van der Waals surface area contributed by atoms with Gasteiger partial charge >= 0.3 is 0 Å². The fourth-order valence-corrected chi connectivity index (χ4v) is 6.49. The van der Waals surface area contributed by atoms with Gasteiger partial charge < -0.3 is 24.8 Å². The monoisotopic (exact) mass is 607 g/mol. The van der Waals surface area contributed by atoms with Crippen molar-refractivity contribution in [3.05, 3.63) is 71.3 Å². The number of thiazole rings is 1. The smallest absolute Gasteiger partial charge is 0.259 e. The number of rotatable bonds is 13. The van der Waals surface area contributed by atoms with Gasteiger partial charge in [-0.25, -0.2) is 4.98 Å². The highest BCUT2D eigenvalue weighted by molar-refractivity contribution is 8.01. The lowest BCUT2D eigenvalue weighted by Gasteiger charge is -2.19. The molecule has 0 radical (unpaired) electrons.